The minimum atomic E-state index is 0.895. The number of imidazole rings is 1. The van der Waals surface area contributed by atoms with Crippen LogP contribution in [-0.2, 0) is 6.54 Å². The third-order valence-electron chi connectivity index (χ3n) is 2.44. The second kappa shape index (κ2) is 3.42. The van der Waals surface area contributed by atoms with Crippen molar-refractivity contribution in [3.8, 4) is 0 Å². The fraction of sp³-hybridized carbons (Fsp3) is 0.364. The van der Waals surface area contributed by atoms with Crippen LogP contribution in [0.5, 0.6) is 0 Å². The number of fused-ring (bicyclic) bond motifs is 1. The maximum Gasteiger partial charge on any atom is 0.110 e. The topological polar surface area (TPSA) is 29.3 Å². The minimum Gasteiger partial charge on any atom is -0.316 e. The summed E-state index contributed by atoms with van der Waals surface area (Å²) < 4.78 is 2.14. The quantitative estimate of drug-likeness (QED) is 0.778. The zero-order valence-corrected chi connectivity index (χ0v) is 8.83. The summed E-state index contributed by atoms with van der Waals surface area (Å²) in [6.45, 7) is 4.97. The van der Waals surface area contributed by atoms with E-state index in [-0.39, 0.29) is 0 Å². The molecule has 1 N–H and O–H groups in total. The molecule has 0 amide bonds. The standard InChI is InChI=1S/C11H15N3/c1-8-11-5-4-10(6-12-3)7-14(11)9(2)13-8/h4-5,7,12H,6H2,1-3H3. The molecule has 0 aliphatic rings. The van der Waals surface area contributed by atoms with E-state index in [1.807, 2.05) is 20.9 Å². The van der Waals surface area contributed by atoms with Gasteiger partial charge in [-0.15, -0.1) is 0 Å². The van der Waals surface area contributed by atoms with Crippen LogP contribution in [0.15, 0.2) is 18.3 Å². The molecule has 0 aliphatic carbocycles. The highest BCUT2D eigenvalue weighted by molar-refractivity contribution is 5.53. The lowest BCUT2D eigenvalue weighted by molar-refractivity contribution is 0.809. The second-order valence-electron chi connectivity index (χ2n) is 3.57. The first-order valence-electron chi connectivity index (χ1n) is 4.81. The summed E-state index contributed by atoms with van der Waals surface area (Å²) in [5, 5.41) is 3.14. The maximum absolute atomic E-state index is 4.43. The molecule has 0 unspecified atom stereocenters. The Morgan fingerprint density at radius 2 is 2.14 bits per heavy atom. The van der Waals surface area contributed by atoms with Crippen LogP contribution in [0.3, 0.4) is 0 Å². The van der Waals surface area contributed by atoms with E-state index in [4.69, 9.17) is 0 Å². The van der Waals surface area contributed by atoms with Gasteiger partial charge < -0.3 is 9.72 Å². The number of aryl methyl sites for hydroxylation is 2. The van der Waals surface area contributed by atoms with Gasteiger partial charge in [0.05, 0.1) is 11.2 Å². The van der Waals surface area contributed by atoms with Crippen molar-refractivity contribution in [2.24, 2.45) is 0 Å². The van der Waals surface area contributed by atoms with Crippen molar-refractivity contribution < 1.29 is 0 Å². The summed E-state index contributed by atoms with van der Waals surface area (Å²) in [6.07, 6.45) is 2.14. The zero-order chi connectivity index (χ0) is 10.1. The van der Waals surface area contributed by atoms with Crippen LogP contribution in [0, 0.1) is 13.8 Å². The summed E-state index contributed by atoms with van der Waals surface area (Å²) in [7, 11) is 1.95. The van der Waals surface area contributed by atoms with Gasteiger partial charge in [0.2, 0.25) is 0 Å². The number of aromatic nitrogens is 2. The highest BCUT2D eigenvalue weighted by Gasteiger charge is 2.03. The fourth-order valence-electron chi connectivity index (χ4n) is 1.77. The number of pyridine rings is 1. The van der Waals surface area contributed by atoms with Gasteiger partial charge in [-0.25, -0.2) is 4.98 Å². The van der Waals surface area contributed by atoms with Crippen LogP contribution >= 0.6 is 0 Å². The summed E-state index contributed by atoms with van der Waals surface area (Å²) in [5.74, 6) is 1.05. The molecule has 0 fully saturated rings. The first-order chi connectivity index (χ1) is 6.72. The first kappa shape index (κ1) is 9.21. The number of nitrogens with zero attached hydrogens (tertiary/aromatic N) is 2. The van der Waals surface area contributed by atoms with E-state index < -0.39 is 0 Å². The molecule has 2 aromatic rings. The van der Waals surface area contributed by atoms with E-state index in [9.17, 15) is 0 Å². The molecule has 0 atom stereocenters. The molecule has 3 heteroatoms. The first-order valence-corrected chi connectivity index (χ1v) is 4.81. The predicted molar refractivity (Wildman–Crippen MR) is 57.4 cm³/mol. The third kappa shape index (κ3) is 1.40. The number of nitrogens with one attached hydrogen (secondary N) is 1. The van der Waals surface area contributed by atoms with Gasteiger partial charge in [-0.05, 0) is 32.5 Å². The average molecular weight is 189 g/mol. The van der Waals surface area contributed by atoms with Crippen LogP contribution in [0.1, 0.15) is 17.1 Å². The molecule has 2 rings (SSSR count). The lowest BCUT2D eigenvalue weighted by Gasteiger charge is -2.02. The van der Waals surface area contributed by atoms with Crippen molar-refractivity contribution in [1.29, 1.82) is 0 Å². The number of hydrogen-bond donors (Lipinski definition) is 1. The Balaban J connectivity index is 2.59. The Morgan fingerprint density at radius 3 is 2.86 bits per heavy atom. The lowest BCUT2D eigenvalue weighted by Crippen LogP contribution is -2.05. The lowest BCUT2D eigenvalue weighted by atomic mass is 10.2. The summed E-state index contributed by atoms with van der Waals surface area (Å²) >= 11 is 0. The number of rotatable bonds is 2. The molecule has 14 heavy (non-hydrogen) atoms. The highest BCUT2D eigenvalue weighted by atomic mass is 15.0. The van der Waals surface area contributed by atoms with E-state index in [0.717, 1.165) is 18.1 Å². The van der Waals surface area contributed by atoms with Gasteiger partial charge >= 0.3 is 0 Å². The van der Waals surface area contributed by atoms with E-state index >= 15 is 0 Å². The van der Waals surface area contributed by atoms with Crippen molar-refractivity contribution in [1.82, 2.24) is 14.7 Å². The molecule has 2 aromatic heterocycles. The van der Waals surface area contributed by atoms with E-state index in [0.29, 0.717) is 0 Å². The summed E-state index contributed by atoms with van der Waals surface area (Å²) in [5.41, 5.74) is 3.57. The van der Waals surface area contributed by atoms with Gasteiger partial charge in [-0.1, -0.05) is 6.07 Å². The molecule has 0 bridgehead atoms. The second-order valence-corrected chi connectivity index (χ2v) is 3.57. The largest absolute Gasteiger partial charge is 0.316 e. The molecular formula is C11H15N3. The van der Waals surface area contributed by atoms with Gasteiger partial charge in [0.1, 0.15) is 5.82 Å². The Labute approximate surface area is 83.8 Å². The zero-order valence-electron chi connectivity index (χ0n) is 8.83. The van der Waals surface area contributed by atoms with Crippen molar-refractivity contribution in [2.75, 3.05) is 7.05 Å². The van der Waals surface area contributed by atoms with E-state index in [1.165, 1.54) is 11.1 Å². The van der Waals surface area contributed by atoms with Crippen LogP contribution in [0.4, 0.5) is 0 Å². The molecule has 0 aromatic carbocycles. The minimum absolute atomic E-state index is 0.895. The van der Waals surface area contributed by atoms with Crippen molar-refractivity contribution in [2.45, 2.75) is 20.4 Å². The van der Waals surface area contributed by atoms with Gasteiger partial charge in [0.15, 0.2) is 0 Å². The Kier molecular flexibility index (Phi) is 2.25. The SMILES string of the molecule is CNCc1ccc2c(C)nc(C)n2c1. The van der Waals surface area contributed by atoms with Gasteiger partial charge in [-0.2, -0.15) is 0 Å². The fourth-order valence-corrected chi connectivity index (χ4v) is 1.77. The average Bonchev–Trinajstić information content (AvgIpc) is 2.43. The molecule has 0 saturated heterocycles. The molecule has 3 nitrogen and oxygen atoms in total. The number of hydrogen-bond acceptors (Lipinski definition) is 2. The van der Waals surface area contributed by atoms with Crippen LogP contribution < -0.4 is 5.32 Å². The van der Waals surface area contributed by atoms with E-state index in [1.54, 1.807) is 0 Å². The third-order valence-corrected chi connectivity index (χ3v) is 2.44. The van der Waals surface area contributed by atoms with Crippen molar-refractivity contribution in [3.05, 3.63) is 35.4 Å². The molecule has 0 spiro atoms. The van der Waals surface area contributed by atoms with Crippen LogP contribution in [-0.4, -0.2) is 16.4 Å². The molecule has 2 heterocycles. The maximum atomic E-state index is 4.43. The van der Waals surface area contributed by atoms with Gasteiger partial charge in [-0.3, -0.25) is 0 Å². The Hall–Kier alpha value is -1.35. The normalized spacial score (nSPS) is 11.1. The molecule has 0 radical (unpaired) electrons. The van der Waals surface area contributed by atoms with E-state index in [2.05, 4.69) is 33.0 Å². The van der Waals surface area contributed by atoms with Gasteiger partial charge in [0.25, 0.3) is 0 Å². The van der Waals surface area contributed by atoms with Crippen molar-refractivity contribution >= 4 is 5.52 Å². The monoisotopic (exact) mass is 189 g/mol. The summed E-state index contributed by atoms with van der Waals surface area (Å²) in [4.78, 5) is 4.43. The Bertz CT molecular complexity index is 457. The van der Waals surface area contributed by atoms with Gasteiger partial charge in [0, 0.05) is 12.7 Å². The predicted octanol–water partition coefficient (Wildman–Crippen LogP) is 1.67. The molecular weight excluding hydrogens is 174 g/mol. The van der Waals surface area contributed by atoms with Crippen molar-refractivity contribution in [3.63, 3.8) is 0 Å². The highest BCUT2D eigenvalue weighted by Crippen LogP contribution is 2.13. The summed E-state index contributed by atoms with van der Waals surface area (Å²) in [6, 6.07) is 4.27. The smallest absolute Gasteiger partial charge is 0.110 e. The van der Waals surface area contributed by atoms with Crippen LogP contribution in [0.2, 0.25) is 0 Å². The van der Waals surface area contributed by atoms with Crippen LogP contribution in [0.25, 0.3) is 5.52 Å². The Morgan fingerprint density at radius 1 is 1.36 bits per heavy atom. The molecule has 0 aliphatic heterocycles. The molecule has 0 saturated carbocycles. The molecule has 74 valence electrons.